The van der Waals surface area contributed by atoms with E-state index in [4.69, 9.17) is 16.3 Å². The van der Waals surface area contributed by atoms with Crippen molar-refractivity contribution in [3.8, 4) is 0 Å². The van der Waals surface area contributed by atoms with Crippen LogP contribution in [-0.2, 0) is 9.53 Å². The molecule has 0 aromatic carbocycles. The highest BCUT2D eigenvalue weighted by molar-refractivity contribution is 7.12. The van der Waals surface area contributed by atoms with Gasteiger partial charge in [0.1, 0.15) is 5.38 Å². The van der Waals surface area contributed by atoms with Crippen LogP contribution in [0.3, 0.4) is 0 Å². The van der Waals surface area contributed by atoms with Crippen LogP contribution in [0.15, 0.2) is 12.1 Å². The van der Waals surface area contributed by atoms with Crippen molar-refractivity contribution >= 4 is 28.8 Å². The Labute approximate surface area is 129 Å². The highest BCUT2D eigenvalue weighted by Gasteiger charge is 2.24. The normalized spacial score (nSPS) is 19.6. The molecular formula is C14H21ClN2O2S. The van der Waals surface area contributed by atoms with Crippen LogP contribution < -0.4 is 5.32 Å². The minimum atomic E-state index is -0.495. The third kappa shape index (κ3) is 4.19. The van der Waals surface area contributed by atoms with Gasteiger partial charge in [-0.1, -0.05) is 0 Å². The summed E-state index contributed by atoms with van der Waals surface area (Å²) in [6.45, 7) is 7.68. The lowest BCUT2D eigenvalue weighted by Crippen LogP contribution is -2.44. The van der Waals surface area contributed by atoms with Gasteiger partial charge >= 0.3 is 0 Å². The summed E-state index contributed by atoms with van der Waals surface area (Å²) in [5.41, 5.74) is 0. The summed E-state index contributed by atoms with van der Waals surface area (Å²) in [5, 5.41) is 2.45. The number of morpholine rings is 1. The molecule has 1 N–H and O–H groups in total. The van der Waals surface area contributed by atoms with Crippen LogP contribution in [0, 0.1) is 6.92 Å². The number of thiophene rings is 1. The van der Waals surface area contributed by atoms with Crippen LogP contribution in [0.2, 0.25) is 0 Å². The van der Waals surface area contributed by atoms with Crippen LogP contribution >= 0.6 is 22.9 Å². The van der Waals surface area contributed by atoms with E-state index < -0.39 is 5.38 Å². The topological polar surface area (TPSA) is 41.6 Å². The number of nitrogens with one attached hydrogen (secondary N) is 1. The molecule has 20 heavy (non-hydrogen) atoms. The summed E-state index contributed by atoms with van der Waals surface area (Å²) in [4.78, 5) is 16.6. The highest BCUT2D eigenvalue weighted by atomic mass is 35.5. The number of hydrogen-bond donors (Lipinski definition) is 1. The summed E-state index contributed by atoms with van der Waals surface area (Å²) in [5.74, 6) is -0.113. The van der Waals surface area contributed by atoms with Crippen LogP contribution in [0.4, 0.5) is 0 Å². The van der Waals surface area contributed by atoms with Crippen LogP contribution in [-0.4, -0.2) is 49.0 Å². The fraction of sp³-hybridized carbons (Fsp3) is 0.643. The minimum Gasteiger partial charge on any atom is -0.379 e. The molecule has 0 aliphatic carbocycles. The van der Waals surface area contributed by atoms with Gasteiger partial charge in [-0.05, 0) is 26.0 Å². The van der Waals surface area contributed by atoms with Gasteiger partial charge in [-0.15, -0.1) is 22.9 Å². The lowest BCUT2D eigenvalue weighted by atomic mass is 10.2. The Bertz CT molecular complexity index is 444. The first-order valence-electron chi connectivity index (χ1n) is 6.88. The number of amides is 1. The predicted octanol–water partition coefficient (Wildman–Crippen LogP) is 2.17. The van der Waals surface area contributed by atoms with Gasteiger partial charge in [0, 0.05) is 29.4 Å². The first-order chi connectivity index (χ1) is 9.58. The zero-order valence-corrected chi connectivity index (χ0v) is 13.5. The molecule has 112 valence electrons. The largest absolute Gasteiger partial charge is 0.379 e. The van der Waals surface area contributed by atoms with Crippen molar-refractivity contribution in [1.29, 1.82) is 0 Å². The zero-order valence-electron chi connectivity index (χ0n) is 11.9. The van der Waals surface area contributed by atoms with Crippen molar-refractivity contribution in [2.45, 2.75) is 25.3 Å². The molecule has 2 atom stereocenters. The third-order valence-corrected chi connectivity index (χ3v) is 4.71. The maximum absolute atomic E-state index is 11.7. The SMILES string of the molecule is Cc1ccc(C(CNC(=O)C(C)Cl)N2CCOCC2)s1. The summed E-state index contributed by atoms with van der Waals surface area (Å²) in [6, 6.07) is 4.48. The standard InChI is InChI=1S/C14H21ClN2O2S/c1-10-3-4-13(20-10)12(9-16-14(18)11(2)15)17-5-7-19-8-6-17/h3-4,11-12H,5-9H2,1-2H3,(H,16,18). The van der Waals surface area contributed by atoms with Crippen molar-refractivity contribution in [2.75, 3.05) is 32.8 Å². The van der Waals surface area contributed by atoms with Gasteiger partial charge in [0.25, 0.3) is 0 Å². The molecule has 1 fully saturated rings. The van der Waals surface area contributed by atoms with Gasteiger partial charge in [-0.3, -0.25) is 9.69 Å². The summed E-state index contributed by atoms with van der Waals surface area (Å²) < 4.78 is 5.41. The van der Waals surface area contributed by atoms with E-state index in [2.05, 4.69) is 29.3 Å². The molecular weight excluding hydrogens is 296 g/mol. The number of carbonyl (C=O) groups is 1. The van der Waals surface area contributed by atoms with Crippen molar-refractivity contribution in [2.24, 2.45) is 0 Å². The molecule has 1 aromatic heterocycles. The fourth-order valence-corrected chi connectivity index (χ4v) is 3.36. The Morgan fingerprint density at radius 3 is 2.75 bits per heavy atom. The van der Waals surface area contributed by atoms with Gasteiger partial charge < -0.3 is 10.1 Å². The molecule has 1 amide bonds. The summed E-state index contributed by atoms with van der Waals surface area (Å²) in [6.07, 6.45) is 0. The van der Waals surface area contributed by atoms with Crippen LogP contribution in [0.1, 0.15) is 22.7 Å². The first-order valence-corrected chi connectivity index (χ1v) is 8.13. The van der Waals surface area contributed by atoms with Crippen LogP contribution in [0.5, 0.6) is 0 Å². The molecule has 2 rings (SSSR count). The van der Waals surface area contributed by atoms with E-state index in [1.54, 1.807) is 18.3 Å². The lowest BCUT2D eigenvalue weighted by Gasteiger charge is -2.34. The van der Waals surface area contributed by atoms with E-state index in [1.807, 2.05) is 0 Å². The number of hydrogen-bond acceptors (Lipinski definition) is 4. The number of carbonyl (C=O) groups excluding carboxylic acids is 1. The molecule has 0 spiro atoms. The van der Waals surface area contributed by atoms with Gasteiger partial charge in [0.15, 0.2) is 0 Å². The second kappa shape index (κ2) is 7.41. The van der Waals surface area contributed by atoms with Crippen molar-refractivity contribution in [3.63, 3.8) is 0 Å². The van der Waals surface area contributed by atoms with E-state index in [9.17, 15) is 4.79 Å². The smallest absolute Gasteiger partial charge is 0.237 e. The predicted molar refractivity (Wildman–Crippen MR) is 82.5 cm³/mol. The molecule has 1 aliphatic rings. The minimum absolute atomic E-state index is 0.113. The van der Waals surface area contributed by atoms with Crippen molar-refractivity contribution in [3.05, 3.63) is 21.9 Å². The molecule has 1 aromatic rings. The molecule has 0 bridgehead atoms. The molecule has 0 saturated carbocycles. The lowest BCUT2D eigenvalue weighted by molar-refractivity contribution is -0.120. The molecule has 6 heteroatoms. The zero-order chi connectivity index (χ0) is 14.5. The Morgan fingerprint density at radius 1 is 1.50 bits per heavy atom. The van der Waals surface area contributed by atoms with E-state index in [1.165, 1.54) is 9.75 Å². The van der Waals surface area contributed by atoms with Gasteiger partial charge in [0.2, 0.25) is 5.91 Å². The van der Waals surface area contributed by atoms with Gasteiger partial charge in [0.05, 0.1) is 19.3 Å². The van der Waals surface area contributed by atoms with E-state index >= 15 is 0 Å². The summed E-state index contributed by atoms with van der Waals surface area (Å²) >= 11 is 7.59. The maximum atomic E-state index is 11.7. The maximum Gasteiger partial charge on any atom is 0.237 e. The molecule has 1 saturated heterocycles. The van der Waals surface area contributed by atoms with Gasteiger partial charge in [-0.25, -0.2) is 0 Å². The average molecular weight is 317 g/mol. The Balaban J connectivity index is 2.05. The number of alkyl halides is 1. The average Bonchev–Trinajstić information content (AvgIpc) is 2.86. The van der Waals surface area contributed by atoms with E-state index in [0.717, 1.165) is 26.3 Å². The molecule has 4 nitrogen and oxygen atoms in total. The second-order valence-electron chi connectivity index (χ2n) is 4.97. The Kier molecular flexibility index (Phi) is 5.84. The molecule has 0 radical (unpaired) electrons. The number of nitrogens with zero attached hydrogens (tertiary/aromatic N) is 1. The second-order valence-corrected chi connectivity index (χ2v) is 6.95. The molecule has 2 heterocycles. The number of halogens is 1. The van der Waals surface area contributed by atoms with Crippen LogP contribution in [0.25, 0.3) is 0 Å². The van der Waals surface area contributed by atoms with Crippen molar-refractivity contribution in [1.82, 2.24) is 10.2 Å². The van der Waals surface area contributed by atoms with E-state index in [-0.39, 0.29) is 11.9 Å². The summed E-state index contributed by atoms with van der Waals surface area (Å²) in [7, 11) is 0. The van der Waals surface area contributed by atoms with Gasteiger partial charge in [-0.2, -0.15) is 0 Å². The fourth-order valence-electron chi connectivity index (χ4n) is 2.27. The first kappa shape index (κ1) is 15.8. The molecule has 1 aliphatic heterocycles. The highest BCUT2D eigenvalue weighted by Crippen LogP contribution is 2.27. The van der Waals surface area contributed by atoms with Crippen molar-refractivity contribution < 1.29 is 9.53 Å². The third-order valence-electron chi connectivity index (χ3n) is 3.41. The quantitative estimate of drug-likeness (QED) is 0.847. The monoisotopic (exact) mass is 316 g/mol. The van der Waals surface area contributed by atoms with E-state index in [0.29, 0.717) is 6.54 Å². The molecule has 2 unspecified atom stereocenters. The number of aryl methyl sites for hydroxylation is 1. The number of ether oxygens (including phenoxy) is 1. The Morgan fingerprint density at radius 2 is 2.20 bits per heavy atom. The Hall–Kier alpha value is -0.620. The number of rotatable bonds is 5.